The van der Waals surface area contributed by atoms with Crippen LogP contribution in [-0.2, 0) is 6.61 Å². The second-order valence-corrected chi connectivity index (χ2v) is 4.89. The maximum absolute atomic E-state index is 6.11. The van der Waals surface area contributed by atoms with Crippen molar-refractivity contribution in [1.29, 1.82) is 0 Å². The van der Waals surface area contributed by atoms with Gasteiger partial charge in [0.2, 0.25) is 0 Å². The maximum Gasteiger partial charge on any atom is 0.163 e. The zero-order valence-corrected chi connectivity index (χ0v) is 14.6. The van der Waals surface area contributed by atoms with Gasteiger partial charge in [0.25, 0.3) is 0 Å². The van der Waals surface area contributed by atoms with E-state index in [0.717, 1.165) is 10.9 Å². The number of ether oxygens (including phenoxy) is 2. The van der Waals surface area contributed by atoms with Gasteiger partial charge < -0.3 is 9.47 Å². The number of hydrogen-bond donors (Lipinski definition) is 0. The first kappa shape index (κ1) is 19.3. The Morgan fingerprint density at radius 1 is 1.04 bits per heavy atom. The van der Waals surface area contributed by atoms with Crippen molar-refractivity contribution < 1.29 is 9.47 Å². The molecular weight excluding hydrogens is 359 g/mol. The molecule has 122 valence electrons. The molecule has 0 saturated heterocycles. The van der Waals surface area contributed by atoms with Crippen LogP contribution in [0.2, 0.25) is 5.02 Å². The van der Waals surface area contributed by atoms with Crippen LogP contribution in [0.4, 0.5) is 0 Å². The Morgan fingerprint density at radius 2 is 1.78 bits per heavy atom. The summed E-state index contributed by atoms with van der Waals surface area (Å²) in [5.41, 5.74) is 1.75. The molecule has 0 aliphatic heterocycles. The zero-order valence-electron chi connectivity index (χ0n) is 12.2. The van der Waals surface area contributed by atoms with Crippen molar-refractivity contribution in [3.63, 3.8) is 0 Å². The van der Waals surface area contributed by atoms with Crippen molar-refractivity contribution in [2.45, 2.75) is 6.61 Å². The van der Waals surface area contributed by atoms with E-state index in [1.165, 1.54) is 6.20 Å². The Hall–Kier alpha value is -1.75. The van der Waals surface area contributed by atoms with Crippen molar-refractivity contribution >= 4 is 47.3 Å². The van der Waals surface area contributed by atoms with Gasteiger partial charge in [-0.25, -0.2) is 0 Å². The smallest absolute Gasteiger partial charge is 0.163 e. The summed E-state index contributed by atoms with van der Waals surface area (Å²) in [6, 6.07) is 13.5. The number of benzene rings is 2. The highest BCUT2D eigenvalue weighted by Gasteiger charge is 2.10. The van der Waals surface area contributed by atoms with E-state index in [9.17, 15) is 0 Å². The van der Waals surface area contributed by atoms with E-state index < -0.39 is 0 Å². The van der Waals surface area contributed by atoms with Crippen molar-refractivity contribution in [2.24, 2.45) is 0 Å². The van der Waals surface area contributed by atoms with E-state index in [0.29, 0.717) is 28.6 Å². The van der Waals surface area contributed by atoms with E-state index in [2.05, 4.69) is 10.2 Å². The van der Waals surface area contributed by atoms with Crippen LogP contribution < -0.4 is 9.47 Å². The molecule has 0 radical (unpaired) electrons. The highest BCUT2D eigenvalue weighted by Crippen LogP contribution is 2.34. The van der Waals surface area contributed by atoms with Crippen LogP contribution in [0.3, 0.4) is 0 Å². The lowest BCUT2D eigenvalue weighted by Crippen LogP contribution is -1.98. The molecule has 0 spiro atoms. The third-order valence-corrected chi connectivity index (χ3v) is 3.41. The van der Waals surface area contributed by atoms with Gasteiger partial charge in [-0.1, -0.05) is 41.9 Å². The van der Waals surface area contributed by atoms with Crippen LogP contribution in [0.5, 0.6) is 11.5 Å². The first-order chi connectivity index (χ1) is 10.3. The largest absolute Gasteiger partial charge is 0.493 e. The van der Waals surface area contributed by atoms with Gasteiger partial charge in [0.1, 0.15) is 6.61 Å². The van der Waals surface area contributed by atoms with Crippen LogP contribution in [-0.4, -0.2) is 17.3 Å². The van der Waals surface area contributed by atoms with Crippen LogP contribution in [0.1, 0.15) is 5.56 Å². The van der Waals surface area contributed by atoms with E-state index in [-0.39, 0.29) is 24.8 Å². The van der Waals surface area contributed by atoms with E-state index in [1.54, 1.807) is 13.2 Å². The third kappa shape index (κ3) is 4.38. The van der Waals surface area contributed by atoms with Gasteiger partial charge >= 0.3 is 0 Å². The predicted molar refractivity (Wildman–Crippen MR) is 96.4 cm³/mol. The summed E-state index contributed by atoms with van der Waals surface area (Å²) >= 11 is 6.11. The molecule has 0 aliphatic rings. The molecule has 0 aliphatic carbocycles. The molecule has 2 aromatic carbocycles. The number of hydrogen-bond acceptors (Lipinski definition) is 4. The topological polar surface area (TPSA) is 44.2 Å². The summed E-state index contributed by atoms with van der Waals surface area (Å²) in [5.74, 6) is 1.23. The SMILES string of the molecule is COc1cc2c(Cl)cnnc2cc1OCc1ccccc1.Cl.Cl. The van der Waals surface area contributed by atoms with Gasteiger partial charge in [-0.15, -0.1) is 24.8 Å². The van der Waals surface area contributed by atoms with Gasteiger partial charge in [0.05, 0.1) is 23.8 Å². The Labute approximate surface area is 151 Å². The summed E-state index contributed by atoms with van der Waals surface area (Å²) < 4.78 is 11.2. The van der Waals surface area contributed by atoms with Crippen LogP contribution >= 0.6 is 36.4 Å². The molecule has 3 aromatic rings. The number of aromatic nitrogens is 2. The highest BCUT2D eigenvalue weighted by molar-refractivity contribution is 6.35. The molecule has 0 unspecified atom stereocenters. The molecule has 0 bridgehead atoms. The number of fused-ring (bicyclic) bond motifs is 1. The average Bonchev–Trinajstić information content (AvgIpc) is 2.53. The molecule has 7 heteroatoms. The third-order valence-electron chi connectivity index (χ3n) is 3.11. The van der Waals surface area contributed by atoms with Gasteiger partial charge in [0.15, 0.2) is 11.5 Å². The monoisotopic (exact) mass is 372 g/mol. The Bertz CT molecular complexity index is 770. The number of methoxy groups -OCH3 is 1. The fourth-order valence-corrected chi connectivity index (χ4v) is 2.24. The lowest BCUT2D eigenvalue weighted by atomic mass is 10.2. The first-order valence-corrected chi connectivity index (χ1v) is 6.81. The van der Waals surface area contributed by atoms with Crippen molar-refractivity contribution in [3.8, 4) is 11.5 Å². The summed E-state index contributed by atoms with van der Waals surface area (Å²) in [6.07, 6.45) is 1.51. The fraction of sp³-hybridized carbons (Fsp3) is 0.125. The molecule has 0 amide bonds. The summed E-state index contributed by atoms with van der Waals surface area (Å²) in [7, 11) is 1.60. The Morgan fingerprint density at radius 3 is 2.48 bits per heavy atom. The molecular formula is C16H15Cl3N2O2. The van der Waals surface area contributed by atoms with Crippen LogP contribution in [0.15, 0.2) is 48.7 Å². The molecule has 0 fully saturated rings. The molecule has 0 saturated carbocycles. The molecule has 4 nitrogen and oxygen atoms in total. The van der Waals surface area contributed by atoms with Crippen LogP contribution in [0.25, 0.3) is 10.9 Å². The van der Waals surface area contributed by atoms with E-state index in [1.807, 2.05) is 36.4 Å². The molecule has 23 heavy (non-hydrogen) atoms. The van der Waals surface area contributed by atoms with Gasteiger partial charge in [-0.3, -0.25) is 0 Å². The Balaban J connectivity index is 0.00000132. The average molecular weight is 374 g/mol. The predicted octanol–water partition coefficient (Wildman–Crippen LogP) is 4.71. The van der Waals surface area contributed by atoms with E-state index in [4.69, 9.17) is 21.1 Å². The minimum atomic E-state index is 0. The zero-order chi connectivity index (χ0) is 14.7. The second-order valence-electron chi connectivity index (χ2n) is 4.49. The van der Waals surface area contributed by atoms with Crippen molar-refractivity contribution in [3.05, 3.63) is 59.2 Å². The Kier molecular flexibility index (Phi) is 7.36. The lowest BCUT2D eigenvalue weighted by Gasteiger charge is -2.12. The highest BCUT2D eigenvalue weighted by atomic mass is 35.5. The molecule has 0 atom stereocenters. The summed E-state index contributed by atoms with van der Waals surface area (Å²) in [4.78, 5) is 0. The van der Waals surface area contributed by atoms with Gasteiger partial charge in [-0.2, -0.15) is 10.2 Å². The minimum Gasteiger partial charge on any atom is -0.493 e. The number of halogens is 3. The van der Waals surface area contributed by atoms with Crippen molar-refractivity contribution in [2.75, 3.05) is 7.11 Å². The normalized spacial score (nSPS) is 9.65. The van der Waals surface area contributed by atoms with Gasteiger partial charge in [-0.05, 0) is 11.6 Å². The summed E-state index contributed by atoms with van der Waals surface area (Å²) in [5, 5.41) is 9.23. The van der Waals surface area contributed by atoms with Crippen molar-refractivity contribution in [1.82, 2.24) is 10.2 Å². The van der Waals surface area contributed by atoms with Gasteiger partial charge in [0, 0.05) is 11.5 Å². The van der Waals surface area contributed by atoms with E-state index >= 15 is 0 Å². The second kappa shape index (κ2) is 8.77. The van der Waals surface area contributed by atoms with Crippen LogP contribution in [0, 0.1) is 0 Å². The molecule has 3 rings (SSSR count). The first-order valence-electron chi connectivity index (χ1n) is 6.43. The lowest BCUT2D eigenvalue weighted by molar-refractivity contribution is 0.285. The quantitative estimate of drug-likeness (QED) is 0.664. The number of nitrogens with zero attached hydrogens (tertiary/aromatic N) is 2. The standard InChI is InChI=1S/C16H13ClN2O2.2ClH/c1-20-15-7-12-13(17)9-18-19-14(12)8-16(15)21-10-11-5-3-2-4-6-11;;/h2-9H,10H2,1H3;2*1H. The summed E-state index contributed by atoms with van der Waals surface area (Å²) in [6.45, 7) is 0.455. The minimum absolute atomic E-state index is 0. The fourth-order valence-electron chi connectivity index (χ4n) is 2.04. The number of rotatable bonds is 4. The maximum atomic E-state index is 6.11. The molecule has 1 aromatic heterocycles. The molecule has 0 N–H and O–H groups in total. The molecule has 1 heterocycles.